The average molecular weight is 175 g/mol. The van der Waals surface area contributed by atoms with Gasteiger partial charge in [0.05, 0.1) is 25.9 Å². The van der Waals surface area contributed by atoms with Crippen LogP contribution in [-0.4, -0.2) is 32.5 Å². The van der Waals surface area contributed by atoms with E-state index < -0.39 is 0 Å². The van der Waals surface area contributed by atoms with E-state index in [1.165, 1.54) is 0 Å². The molecule has 0 aliphatic carbocycles. The highest BCUT2D eigenvalue weighted by Gasteiger charge is 2.05. The fourth-order valence-electron chi connectivity index (χ4n) is 0.671. The Hall–Kier alpha value is -0.120. The van der Waals surface area contributed by atoms with Gasteiger partial charge in [0.15, 0.2) is 0 Å². The van der Waals surface area contributed by atoms with Crippen molar-refractivity contribution >= 4 is 0 Å². The molecule has 0 aliphatic rings. The van der Waals surface area contributed by atoms with Crippen LogP contribution in [-0.2, 0) is 9.47 Å². The van der Waals surface area contributed by atoms with E-state index in [0.717, 1.165) is 0 Å². The molecule has 0 saturated carbocycles. The second kappa shape index (κ2) is 7.53. The SMILES string of the molecule is CC(C)C(C)OCCOCCN. The van der Waals surface area contributed by atoms with Crippen molar-refractivity contribution in [3.05, 3.63) is 0 Å². The van der Waals surface area contributed by atoms with Gasteiger partial charge in [0.25, 0.3) is 0 Å². The van der Waals surface area contributed by atoms with E-state index in [9.17, 15) is 0 Å². The summed E-state index contributed by atoms with van der Waals surface area (Å²) in [5, 5.41) is 0. The first-order valence-corrected chi connectivity index (χ1v) is 4.58. The summed E-state index contributed by atoms with van der Waals surface area (Å²) in [7, 11) is 0. The molecular weight excluding hydrogens is 154 g/mol. The molecule has 0 saturated heterocycles. The van der Waals surface area contributed by atoms with Crippen molar-refractivity contribution in [2.24, 2.45) is 11.7 Å². The van der Waals surface area contributed by atoms with Crippen LogP contribution in [0.2, 0.25) is 0 Å². The molecule has 0 spiro atoms. The van der Waals surface area contributed by atoms with Crippen molar-refractivity contribution in [1.29, 1.82) is 0 Å². The maximum Gasteiger partial charge on any atom is 0.0704 e. The summed E-state index contributed by atoms with van der Waals surface area (Å²) in [6.07, 6.45) is 0.312. The van der Waals surface area contributed by atoms with Gasteiger partial charge in [0.1, 0.15) is 0 Å². The zero-order chi connectivity index (χ0) is 9.40. The van der Waals surface area contributed by atoms with Crippen LogP contribution >= 0.6 is 0 Å². The van der Waals surface area contributed by atoms with Gasteiger partial charge >= 0.3 is 0 Å². The second-order valence-electron chi connectivity index (χ2n) is 3.22. The van der Waals surface area contributed by atoms with E-state index in [0.29, 0.717) is 38.4 Å². The van der Waals surface area contributed by atoms with Gasteiger partial charge in [-0.3, -0.25) is 0 Å². The molecule has 0 aromatic carbocycles. The molecule has 0 rings (SSSR count). The Balaban J connectivity index is 3.08. The number of hydrogen-bond acceptors (Lipinski definition) is 3. The Morgan fingerprint density at radius 1 is 1.08 bits per heavy atom. The third kappa shape index (κ3) is 6.58. The van der Waals surface area contributed by atoms with E-state index in [1.807, 2.05) is 0 Å². The molecule has 1 atom stereocenters. The molecule has 12 heavy (non-hydrogen) atoms. The van der Waals surface area contributed by atoms with E-state index >= 15 is 0 Å². The van der Waals surface area contributed by atoms with Crippen LogP contribution in [0.4, 0.5) is 0 Å². The summed E-state index contributed by atoms with van der Waals surface area (Å²) in [5.74, 6) is 0.569. The van der Waals surface area contributed by atoms with Gasteiger partial charge in [-0.05, 0) is 12.8 Å². The van der Waals surface area contributed by atoms with Crippen molar-refractivity contribution in [3.8, 4) is 0 Å². The smallest absolute Gasteiger partial charge is 0.0704 e. The zero-order valence-electron chi connectivity index (χ0n) is 8.38. The zero-order valence-corrected chi connectivity index (χ0v) is 8.38. The van der Waals surface area contributed by atoms with Crippen LogP contribution in [0.1, 0.15) is 20.8 Å². The van der Waals surface area contributed by atoms with Crippen molar-refractivity contribution in [2.75, 3.05) is 26.4 Å². The second-order valence-corrected chi connectivity index (χ2v) is 3.22. The molecule has 3 heteroatoms. The highest BCUT2D eigenvalue weighted by atomic mass is 16.5. The molecule has 0 radical (unpaired) electrons. The Kier molecular flexibility index (Phi) is 7.45. The molecule has 2 N–H and O–H groups in total. The van der Waals surface area contributed by atoms with Gasteiger partial charge in [-0.2, -0.15) is 0 Å². The van der Waals surface area contributed by atoms with Gasteiger partial charge in [-0.25, -0.2) is 0 Å². The molecule has 0 aromatic heterocycles. The molecular formula is C9H21NO2. The Bertz CT molecular complexity index is 96.5. The Labute approximate surface area is 75.2 Å². The highest BCUT2D eigenvalue weighted by molar-refractivity contribution is 4.53. The lowest BCUT2D eigenvalue weighted by molar-refractivity contribution is -0.00447. The standard InChI is InChI=1S/C9H21NO2/c1-8(2)9(3)12-7-6-11-5-4-10/h8-9H,4-7,10H2,1-3H3. The van der Waals surface area contributed by atoms with Crippen molar-refractivity contribution in [1.82, 2.24) is 0 Å². The average Bonchev–Trinajstić information content (AvgIpc) is 2.03. The normalized spacial score (nSPS) is 13.8. The van der Waals surface area contributed by atoms with Gasteiger partial charge in [0, 0.05) is 6.54 Å². The van der Waals surface area contributed by atoms with Crippen molar-refractivity contribution in [3.63, 3.8) is 0 Å². The van der Waals surface area contributed by atoms with Gasteiger partial charge in [0.2, 0.25) is 0 Å². The summed E-state index contributed by atoms with van der Waals surface area (Å²) in [5.41, 5.74) is 5.25. The van der Waals surface area contributed by atoms with Gasteiger partial charge in [-0.1, -0.05) is 13.8 Å². The van der Waals surface area contributed by atoms with Crippen LogP contribution in [0, 0.1) is 5.92 Å². The quantitative estimate of drug-likeness (QED) is 0.588. The lowest BCUT2D eigenvalue weighted by atomic mass is 10.1. The molecule has 3 nitrogen and oxygen atoms in total. The van der Waals surface area contributed by atoms with Gasteiger partial charge < -0.3 is 15.2 Å². The summed E-state index contributed by atoms with van der Waals surface area (Å²) in [4.78, 5) is 0. The molecule has 1 unspecified atom stereocenters. The lowest BCUT2D eigenvalue weighted by Gasteiger charge is -2.16. The maximum absolute atomic E-state index is 5.48. The minimum absolute atomic E-state index is 0.312. The number of hydrogen-bond donors (Lipinski definition) is 1. The Morgan fingerprint density at radius 3 is 2.25 bits per heavy atom. The van der Waals surface area contributed by atoms with E-state index in [2.05, 4.69) is 20.8 Å². The first kappa shape index (κ1) is 11.9. The largest absolute Gasteiger partial charge is 0.378 e. The van der Waals surface area contributed by atoms with Gasteiger partial charge in [-0.15, -0.1) is 0 Å². The first-order valence-electron chi connectivity index (χ1n) is 4.58. The van der Waals surface area contributed by atoms with Crippen LogP contribution in [0.5, 0.6) is 0 Å². The van der Waals surface area contributed by atoms with E-state index in [1.54, 1.807) is 0 Å². The molecule has 0 heterocycles. The molecule has 0 amide bonds. The fraction of sp³-hybridized carbons (Fsp3) is 1.00. The third-order valence-electron chi connectivity index (χ3n) is 1.81. The molecule has 0 aliphatic heterocycles. The van der Waals surface area contributed by atoms with E-state index in [-0.39, 0.29) is 0 Å². The molecule has 0 aromatic rings. The van der Waals surface area contributed by atoms with Crippen LogP contribution < -0.4 is 5.73 Å². The third-order valence-corrected chi connectivity index (χ3v) is 1.81. The number of nitrogens with two attached hydrogens (primary N) is 1. The maximum atomic E-state index is 5.48. The van der Waals surface area contributed by atoms with Crippen LogP contribution in [0.3, 0.4) is 0 Å². The summed E-state index contributed by atoms with van der Waals surface area (Å²) in [6.45, 7) is 8.89. The number of rotatable bonds is 7. The highest BCUT2D eigenvalue weighted by Crippen LogP contribution is 2.04. The van der Waals surface area contributed by atoms with Crippen LogP contribution in [0.25, 0.3) is 0 Å². The van der Waals surface area contributed by atoms with E-state index in [4.69, 9.17) is 15.2 Å². The summed E-state index contributed by atoms with van der Waals surface area (Å²) < 4.78 is 10.6. The molecule has 74 valence electrons. The monoisotopic (exact) mass is 175 g/mol. The predicted octanol–water partition coefficient (Wildman–Crippen LogP) is 1.02. The fourth-order valence-corrected chi connectivity index (χ4v) is 0.671. The van der Waals surface area contributed by atoms with Crippen molar-refractivity contribution < 1.29 is 9.47 Å². The minimum atomic E-state index is 0.312. The first-order chi connectivity index (χ1) is 5.68. The van der Waals surface area contributed by atoms with Crippen molar-refractivity contribution in [2.45, 2.75) is 26.9 Å². The predicted molar refractivity (Wildman–Crippen MR) is 50.1 cm³/mol. The molecule has 0 bridgehead atoms. The molecule has 0 fully saturated rings. The Morgan fingerprint density at radius 2 is 1.75 bits per heavy atom. The number of ether oxygens (including phenoxy) is 2. The lowest BCUT2D eigenvalue weighted by Crippen LogP contribution is -2.19. The van der Waals surface area contributed by atoms with Crippen LogP contribution in [0.15, 0.2) is 0 Å². The topological polar surface area (TPSA) is 44.5 Å². The minimum Gasteiger partial charge on any atom is -0.378 e. The summed E-state index contributed by atoms with van der Waals surface area (Å²) in [6, 6.07) is 0. The summed E-state index contributed by atoms with van der Waals surface area (Å²) >= 11 is 0.